The van der Waals surface area contributed by atoms with Crippen LogP contribution in [0.1, 0.15) is 29.6 Å². The van der Waals surface area contributed by atoms with Gasteiger partial charge < -0.3 is 14.2 Å². The minimum absolute atomic E-state index is 0.0329. The fourth-order valence-electron chi connectivity index (χ4n) is 2.97. The van der Waals surface area contributed by atoms with Gasteiger partial charge in [0.25, 0.3) is 5.91 Å². The van der Waals surface area contributed by atoms with Crippen LogP contribution in [-0.2, 0) is 11.8 Å². The van der Waals surface area contributed by atoms with Crippen molar-refractivity contribution in [2.24, 2.45) is 7.05 Å². The van der Waals surface area contributed by atoms with Crippen molar-refractivity contribution < 1.29 is 9.53 Å². The predicted molar refractivity (Wildman–Crippen MR) is 89.2 cm³/mol. The van der Waals surface area contributed by atoms with Crippen LogP contribution in [0, 0.1) is 0 Å². The molecule has 0 bridgehead atoms. The monoisotopic (exact) mass is 313 g/mol. The number of hydrogen-bond acceptors (Lipinski definition) is 3. The molecule has 1 aliphatic heterocycles. The third-order valence-electron chi connectivity index (χ3n) is 4.31. The highest BCUT2D eigenvalue weighted by molar-refractivity contribution is 5.94. The average molecular weight is 313 g/mol. The van der Waals surface area contributed by atoms with E-state index in [1.54, 1.807) is 11.1 Å². The Morgan fingerprint density at radius 3 is 2.74 bits per heavy atom. The Bertz CT molecular complexity index is 657. The maximum absolute atomic E-state index is 12.5. The highest BCUT2D eigenvalue weighted by Gasteiger charge is 2.19. The maximum atomic E-state index is 12.5. The Morgan fingerprint density at radius 1 is 1.35 bits per heavy atom. The number of rotatable bonds is 4. The van der Waals surface area contributed by atoms with Gasteiger partial charge in [-0.25, -0.2) is 4.98 Å². The van der Waals surface area contributed by atoms with Gasteiger partial charge in [-0.15, -0.1) is 0 Å². The number of aryl methyl sites for hydroxylation is 1. The van der Waals surface area contributed by atoms with Crippen molar-refractivity contribution in [3.63, 3.8) is 0 Å². The van der Waals surface area contributed by atoms with Gasteiger partial charge in [-0.05, 0) is 31.4 Å². The van der Waals surface area contributed by atoms with Crippen molar-refractivity contribution in [3.05, 3.63) is 42.2 Å². The number of imidazole rings is 1. The average Bonchev–Trinajstić information content (AvgIpc) is 3.01. The van der Waals surface area contributed by atoms with Crippen LogP contribution >= 0.6 is 0 Å². The molecule has 0 N–H and O–H groups in total. The molecule has 0 aliphatic carbocycles. The van der Waals surface area contributed by atoms with Crippen LogP contribution in [0.15, 0.2) is 36.7 Å². The number of hydrogen-bond donors (Lipinski definition) is 0. The first kappa shape index (κ1) is 15.7. The lowest BCUT2D eigenvalue weighted by atomic mass is 10.1. The van der Waals surface area contributed by atoms with E-state index in [0.29, 0.717) is 12.1 Å². The van der Waals surface area contributed by atoms with Gasteiger partial charge in [-0.1, -0.05) is 12.1 Å². The zero-order valence-electron chi connectivity index (χ0n) is 13.7. The smallest absolute Gasteiger partial charge is 0.253 e. The summed E-state index contributed by atoms with van der Waals surface area (Å²) in [5, 5.41) is 0. The third kappa shape index (κ3) is 3.62. The second kappa shape index (κ2) is 6.96. The number of ether oxygens (including phenoxy) is 1. The molecule has 1 atom stereocenters. The fourth-order valence-corrected chi connectivity index (χ4v) is 2.97. The molecule has 0 unspecified atom stereocenters. The van der Waals surface area contributed by atoms with E-state index >= 15 is 0 Å². The minimum Gasteiger partial charge on any atom is -0.376 e. The number of nitrogens with zero attached hydrogens (tertiary/aromatic N) is 3. The second-order valence-electron chi connectivity index (χ2n) is 6.11. The van der Waals surface area contributed by atoms with Crippen LogP contribution in [0.25, 0.3) is 11.4 Å². The molecule has 23 heavy (non-hydrogen) atoms. The Hall–Kier alpha value is -2.14. The first-order chi connectivity index (χ1) is 11.1. The molecule has 1 aromatic carbocycles. The molecule has 2 aromatic rings. The standard InChI is InChI=1S/C18H23N3O2/c1-20-11-10-19-17(20)14-6-8-15(9-7-14)18(22)21(2)13-16-5-3-4-12-23-16/h6-11,16H,3-5,12-13H2,1-2H3/t16-/m1/s1. The van der Waals surface area contributed by atoms with Crippen molar-refractivity contribution in [1.29, 1.82) is 0 Å². The van der Waals surface area contributed by atoms with Crippen molar-refractivity contribution >= 4 is 5.91 Å². The molecular weight excluding hydrogens is 290 g/mol. The minimum atomic E-state index is 0.0329. The summed E-state index contributed by atoms with van der Waals surface area (Å²) in [7, 11) is 3.80. The van der Waals surface area contributed by atoms with E-state index in [4.69, 9.17) is 4.74 Å². The largest absolute Gasteiger partial charge is 0.376 e. The second-order valence-corrected chi connectivity index (χ2v) is 6.11. The first-order valence-electron chi connectivity index (χ1n) is 8.10. The predicted octanol–water partition coefficient (Wildman–Crippen LogP) is 2.73. The topological polar surface area (TPSA) is 47.4 Å². The van der Waals surface area contributed by atoms with E-state index in [-0.39, 0.29) is 12.0 Å². The molecule has 0 saturated carbocycles. The van der Waals surface area contributed by atoms with Gasteiger partial charge in [0.05, 0.1) is 6.10 Å². The molecule has 1 amide bonds. The number of amides is 1. The highest BCUT2D eigenvalue weighted by Crippen LogP contribution is 2.19. The molecule has 3 rings (SSSR count). The summed E-state index contributed by atoms with van der Waals surface area (Å²) in [6.07, 6.45) is 7.20. The van der Waals surface area contributed by atoms with E-state index in [1.807, 2.05) is 49.1 Å². The van der Waals surface area contributed by atoms with Crippen molar-refractivity contribution in [3.8, 4) is 11.4 Å². The molecule has 2 heterocycles. The Labute approximate surface area is 136 Å². The van der Waals surface area contributed by atoms with Crippen LogP contribution in [0.4, 0.5) is 0 Å². The van der Waals surface area contributed by atoms with Crippen LogP contribution in [0.3, 0.4) is 0 Å². The summed E-state index contributed by atoms with van der Waals surface area (Å²) in [5.41, 5.74) is 1.70. The SMILES string of the molecule is CN(C[C@H]1CCCCO1)C(=O)c1ccc(-c2nccn2C)cc1. The molecule has 1 saturated heterocycles. The summed E-state index contributed by atoms with van der Waals surface area (Å²) in [4.78, 5) is 18.6. The molecule has 5 nitrogen and oxygen atoms in total. The van der Waals surface area contributed by atoms with E-state index in [2.05, 4.69) is 4.98 Å². The van der Waals surface area contributed by atoms with Crippen LogP contribution < -0.4 is 0 Å². The zero-order valence-corrected chi connectivity index (χ0v) is 13.7. The summed E-state index contributed by atoms with van der Waals surface area (Å²) in [6, 6.07) is 7.62. The quantitative estimate of drug-likeness (QED) is 0.872. The van der Waals surface area contributed by atoms with Gasteiger partial charge in [-0.3, -0.25) is 4.79 Å². The van der Waals surface area contributed by atoms with Gasteiger partial charge in [0, 0.05) is 50.8 Å². The number of aromatic nitrogens is 2. The van der Waals surface area contributed by atoms with Gasteiger partial charge in [0.2, 0.25) is 0 Å². The first-order valence-corrected chi connectivity index (χ1v) is 8.10. The van der Waals surface area contributed by atoms with E-state index < -0.39 is 0 Å². The van der Waals surface area contributed by atoms with Crippen molar-refractivity contribution in [1.82, 2.24) is 14.5 Å². The number of carbonyl (C=O) groups is 1. The van der Waals surface area contributed by atoms with Crippen molar-refractivity contribution in [2.75, 3.05) is 20.2 Å². The van der Waals surface area contributed by atoms with Crippen LogP contribution in [0.2, 0.25) is 0 Å². The number of likely N-dealkylation sites (N-methyl/N-ethyl adjacent to an activating group) is 1. The molecule has 5 heteroatoms. The van der Waals surface area contributed by atoms with E-state index in [1.165, 1.54) is 6.42 Å². The zero-order chi connectivity index (χ0) is 16.2. The molecule has 122 valence electrons. The summed E-state index contributed by atoms with van der Waals surface area (Å²) >= 11 is 0. The number of benzene rings is 1. The third-order valence-corrected chi connectivity index (χ3v) is 4.31. The van der Waals surface area contributed by atoms with Gasteiger partial charge >= 0.3 is 0 Å². The van der Waals surface area contributed by atoms with Gasteiger partial charge in [0.1, 0.15) is 5.82 Å². The molecule has 1 aliphatic rings. The fraction of sp³-hybridized carbons (Fsp3) is 0.444. The van der Waals surface area contributed by atoms with Crippen LogP contribution in [0.5, 0.6) is 0 Å². The molecule has 1 aromatic heterocycles. The summed E-state index contributed by atoms with van der Waals surface area (Å²) in [6.45, 7) is 1.46. The molecular formula is C18H23N3O2. The van der Waals surface area contributed by atoms with E-state index in [9.17, 15) is 4.79 Å². The molecule has 0 radical (unpaired) electrons. The van der Waals surface area contributed by atoms with E-state index in [0.717, 1.165) is 30.8 Å². The molecule has 0 spiro atoms. The lowest BCUT2D eigenvalue weighted by Crippen LogP contribution is -2.37. The lowest BCUT2D eigenvalue weighted by Gasteiger charge is -2.27. The van der Waals surface area contributed by atoms with Crippen LogP contribution in [-0.4, -0.2) is 46.7 Å². The normalized spacial score (nSPS) is 17.9. The maximum Gasteiger partial charge on any atom is 0.253 e. The van der Waals surface area contributed by atoms with Gasteiger partial charge in [0.15, 0.2) is 0 Å². The summed E-state index contributed by atoms with van der Waals surface area (Å²) in [5.74, 6) is 0.929. The molecule has 1 fully saturated rings. The lowest BCUT2D eigenvalue weighted by molar-refractivity contribution is -0.000186. The van der Waals surface area contributed by atoms with Crippen molar-refractivity contribution in [2.45, 2.75) is 25.4 Å². The Morgan fingerprint density at radius 2 is 2.13 bits per heavy atom. The Kier molecular flexibility index (Phi) is 4.76. The Balaban J connectivity index is 1.66. The number of carbonyl (C=O) groups excluding carboxylic acids is 1. The van der Waals surface area contributed by atoms with Gasteiger partial charge in [-0.2, -0.15) is 0 Å². The highest BCUT2D eigenvalue weighted by atomic mass is 16.5. The summed E-state index contributed by atoms with van der Waals surface area (Å²) < 4.78 is 7.67.